The fraction of sp³-hybridized carbons (Fsp3) is 1.00. The average molecular weight is 241 g/mol. The molecule has 0 aromatic rings. The summed E-state index contributed by atoms with van der Waals surface area (Å²) < 4.78 is 5.98. The minimum Gasteiger partial charge on any atom is -0.375 e. The van der Waals surface area contributed by atoms with Gasteiger partial charge in [-0.3, -0.25) is 0 Å². The summed E-state index contributed by atoms with van der Waals surface area (Å²) in [6, 6.07) is 0.640. The largest absolute Gasteiger partial charge is 0.375 e. The van der Waals surface area contributed by atoms with E-state index in [0.29, 0.717) is 30.1 Å². The molecular formula is C15H31NO. The first-order valence-corrected chi connectivity index (χ1v) is 7.50. The van der Waals surface area contributed by atoms with Crippen LogP contribution in [0.1, 0.15) is 60.3 Å². The van der Waals surface area contributed by atoms with E-state index in [-0.39, 0.29) is 0 Å². The predicted molar refractivity (Wildman–Crippen MR) is 74.3 cm³/mol. The normalized spacial score (nSPS) is 35.1. The molecule has 0 spiro atoms. The van der Waals surface area contributed by atoms with Crippen LogP contribution in [0.15, 0.2) is 0 Å². The van der Waals surface area contributed by atoms with Crippen molar-refractivity contribution >= 4 is 0 Å². The molecule has 0 aliphatic carbocycles. The zero-order valence-electron chi connectivity index (χ0n) is 12.3. The molecule has 2 heteroatoms. The van der Waals surface area contributed by atoms with Crippen molar-refractivity contribution in [2.75, 3.05) is 6.54 Å². The van der Waals surface area contributed by atoms with Crippen LogP contribution in [0.2, 0.25) is 0 Å². The molecule has 0 bridgehead atoms. The highest BCUT2D eigenvalue weighted by atomic mass is 16.5. The van der Waals surface area contributed by atoms with Crippen LogP contribution in [0.3, 0.4) is 0 Å². The molecule has 0 radical (unpaired) electrons. The van der Waals surface area contributed by atoms with Gasteiger partial charge in [0.15, 0.2) is 0 Å². The summed E-state index contributed by atoms with van der Waals surface area (Å²) >= 11 is 0. The molecule has 0 amide bonds. The van der Waals surface area contributed by atoms with E-state index in [4.69, 9.17) is 4.74 Å². The molecule has 0 saturated carbocycles. The highest BCUT2D eigenvalue weighted by Crippen LogP contribution is 2.35. The Morgan fingerprint density at radius 2 is 1.76 bits per heavy atom. The quantitative estimate of drug-likeness (QED) is 0.688. The Hall–Kier alpha value is -0.0800. The maximum absolute atomic E-state index is 5.98. The van der Waals surface area contributed by atoms with E-state index in [2.05, 4.69) is 39.9 Å². The maximum Gasteiger partial charge on any atom is 0.0597 e. The predicted octanol–water partition coefficient (Wildman–Crippen LogP) is 3.60. The van der Waals surface area contributed by atoms with Gasteiger partial charge >= 0.3 is 0 Å². The molecule has 1 N–H and O–H groups in total. The second-order valence-corrected chi connectivity index (χ2v) is 5.64. The van der Waals surface area contributed by atoms with Gasteiger partial charge in [0.2, 0.25) is 0 Å². The Bertz CT molecular complexity index is 207. The first-order chi connectivity index (χ1) is 8.11. The number of rotatable bonds is 7. The third-order valence-electron chi connectivity index (χ3n) is 4.37. The Kier molecular flexibility index (Phi) is 6.50. The molecule has 5 atom stereocenters. The first kappa shape index (κ1) is 15.0. The Labute approximate surface area is 108 Å². The van der Waals surface area contributed by atoms with Crippen LogP contribution in [0, 0.1) is 11.8 Å². The molecule has 17 heavy (non-hydrogen) atoms. The number of nitrogens with one attached hydrogen (secondary N) is 1. The van der Waals surface area contributed by atoms with Gasteiger partial charge in [0.25, 0.3) is 0 Å². The lowest BCUT2D eigenvalue weighted by molar-refractivity contribution is 0.0472. The van der Waals surface area contributed by atoms with Gasteiger partial charge in [-0.05, 0) is 32.7 Å². The lowest BCUT2D eigenvalue weighted by Crippen LogP contribution is -2.41. The standard InChI is InChI=1S/C15H31NO/c1-6-8-9-10-14(16-7-2)15-11(3)12(4)17-13(15)5/h11-16H,6-10H2,1-5H3. The average Bonchev–Trinajstić information content (AvgIpc) is 2.53. The van der Waals surface area contributed by atoms with Crippen LogP contribution in [-0.4, -0.2) is 24.8 Å². The molecule has 2 nitrogen and oxygen atoms in total. The Morgan fingerprint density at radius 1 is 1.06 bits per heavy atom. The van der Waals surface area contributed by atoms with Crippen molar-refractivity contribution in [2.45, 2.75) is 78.6 Å². The van der Waals surface area contributed by atoms with Gasteiger partial charge in [0.05, 0.1) is 12.2 Å². The van der Waals surface area contributed by atoms with E-state index in [1.54, 1.807) is 0 Å². The maximum atomic E-state index is 5.98. The van der Waals surface area contributed by atoms with Gasteiger partial charge in [0, 0.05) is 12.0 Å². The SMILES string of the molecule is CCCCCC(NCC)C1C(C)OC(C)C1C. The molecular weight excluding hydrogens is 210 g/mol. The fourth-order valence-corrected chi connectivity index (χ4v) is 3.29. The fourth-order valence-electron chi connectivity index (χ4n) is 3.29. The second kappa shape index (κ2) is 7.38. The van der Waals surface area contributed by atoms with Crippen LogP contribution < -0.4 is 5.32 Å². The molecule has 1 aliphatic heterocycles. The summed E-state index contributed by atoms with van der Waals surface area (Å²) in [5.74, 6) is 1.36. The lowest BCUT2D eigenvalue weighted by atomic mass is 9.81. The van der Waals surface area contributed by atoms with Gasteiger partial charge < -0.3 is 10.1 Å². The van der Waals surface area contributed by atoms with E-state index in [9.17, 15) is 0 Å². The monoisotopic (exact) mass is 241 g/mol. The molecule has 0 aromatic carbocycles. The molecule has 1 saturated heterocycles. The highest BCUT2D eigenvalue weighted by Gasteiger charge is 2.40. The van der Waals surface area contributed by atoms with Gasteiger partial charge in [-0.1, -0.05) is 40.0 Å². The third-order valence-corrected chi connectivity index (χ3v) is 4.37. The summed E-state index contributed by atoms with van der Waals surface area (Å²) in [7, 11) is 0. The number of hydrogen-bond donors (Lipinski definition) is 1. The summed E-state index contributed by atoms with van der Waals surface area (Å²) in [5, 5.41) is 3.68. The van der Waals surface area contributed by atoms with Crippen LogP contribution in [0.4, 0.5) is 0 Å². The molecule has 1 fully saturated rings. The van der Waals surface area contributed by atoms with Gasteiger partial charge in [0.1, 0.15) is 0 Å². The van der Waals surface area contributed by atoms with E-state index < -0.39 is 0 Å². The van der Waals surface area contributed by atoms with E-state index in [1.807, 2.05) is 0 Å². The van der Waals surface area contributed by atoms with Crippen molar-refractivity contribution in [1.29, 1.82) is 0 Å². The molecule has 1 heterocycles. The summed E-state index contributed by atoms with van der Waals surface area (Å²) in [6.07, 6.45) is 6.14. The van der Waals surface area contributed by atoms with Crippen molar-refractivity contribution in [3.63, 3.8) is 0 Å². The van der Waals surface area contributed by atoms with E-state index >= 15 is 0 Å². The van der Waals surface area contributed by atoms with E-state index in [0.717, 1.165) is 6.54 Å². The third kappa shape index (κ3) is 3.96. The molecule has 1 rings (SSSR count). The van der Waals surface area contributed by atoms with Gasteiger partial charge in [-0.2, -0.15) is 0 Å². The summed E-state index contributed by atoms with van der Waals surface area (Å²) in [6.45, 7) is 12.4. The van der Waals surface area contributed by atoms with Crippen LogP contribution in [0.25, 0.3) is 0 Å². The van der Waals surface area contributed by atoms with Crippen molar-refractivity contribution in [3.05, 3.63) is 0 Å². The van der Waals surface area contributed by atoms with Crippen molar-refractivity contribution < 1.29 is 4.74 Å². The zero-order chi connectivity index (χ0) is 12.8. The van der Waals surface area contributed by atoms with Crippen LogP contribution in [0.5, 0.6) is 0 Å². The number of unbranched alkanes of at least 4 members (excludes halogenated alkanes) is 2. The molecule has 1 aliphatic rings. The topological polar surface area (TPSA) is 21.3 Å². The van der Waals surface area contributed by atoms with Gasteiger partial charge in [-0.15, -0.1) is 0 Å². The van der Waals surface area contributed by atoms with Crippen LogP contribution >= 0.6 is 0 Å². The van der Waals surface area contributed by atoms with Crippen molar-refractivity contribution in [1.82, 2.24) is 5.32 Å². The molecule has 5 unspecified atom stereocenters. The van der Waals surface area contributed by atoms with Crippen molar-refractivity contribution in [2.24, 2.45) is 11.8 Å². The summed E-state index contributed by atoms with van der Waals surface area (Å²) in [4.78, 5) is 0. The van der Waals surface area contributed by atoms with E-state index in [1.165, 1.54) is 25.7 Å². The second-order valence-electron chi connectivity index (χ2n) is 5.64. The smallest absolute Gasteiger partial charge is 0.0597 e. The van der Waals surface area contributed by atoms with Crippen LogP contribution in [-0.2, 0) is 4.74 Å². The van der Waals surface area contributed by atoms with Crippen molar-refractivity contribution in [3.8, 4) is 0 Å². The highest BCUT2D eigenvalue weighted by molar-refractivity contribution is 4.91. The zero-order valence-corrected chi connectivity index (χ0v) is 12.3. The minimum absolute atomic E-state index is 0.408. The molecule has 0 aromatic heterocycles. The lowest BCUT2D eigenvalue weighted by Gasteiger charge is -2.29. The number of hydrogen-bond acceptors (Lipinski definition) is 2. The first-order valence-electron chi connectivity index (χ1n) is 7.50. The Morgan fingerprint density at radius 3 is 2.24 bits per heavy atom. The van der Waals surface area contributed by atoms with Gasteiger partial charge in [-0.25, -0.2) is 0 Å². The Balaban J connectivity index is 2.55. The molecule has 102 valence electrons. The summed E-state index contributed by atoms with van der Waals surface area (Å²) in [5.41, 5.74) is 0. The number of ether oxygens (including phenoxy) is 1. The minimum atomic E-state index is 0.408.